The summed E-state index contributed by atoms with van der Waals surface area (Å²) in [5.74, 6) is -1.01. The van der Waals surface area contributed by atoms with Gasteiger partial charge >= 0.3 is 0 Å². The van der Waals surface area contributed by atoms with Crippen molar-refractivity contribution in [2.24, 2.45) is 0 Å². The molecule has 0 spiro atoms. The lowest BCUT2D eigenvalue weighted by Crippen LogP contribution is -2.24. The van der Waals surface area contributed by atoms with Crippen LogP contribution in [-0.2, 0) is 14.3 Å². The zero-order valence-corrected chi connectivity index (χ0v) is 7.36. The Bertz CT molecular complexity index is 177. The summed E-state index contributed by atoms with van der Waals surface area (Å²) in [5.41, 5.74) is 0. The molecular formula is C8H13NO4. The van der Waals surface area contributed by atoms with Gasteiger partial charge in [-0.3, -0.25) is 14.8 Å². The van der Waals surface area contributed by atoms with Crippen molar-refractivity contribution < 1.29 is 19.5 Å². The van der Waals surface area contributed by atoms with Crippen LogP contribution in [0.25, 0.3) is 0 Å². The molecule has 0 atom stereocenters. The van der Waals surface area contributed by atoms with Crippen LogP contribution < -0.4 is 0 Å². The van der Waals surface area contributed by atoms with Gasteiger partial charge in [-0.25, -0.2) is 0 Å². The van der Waals surface area contributed by atoms with Crippen molar-refractivity contribution in [3.05, 3.63) is 0 Å². The maximum atomic E-state index is 10.2. The highest BCUT2D eigenvalue weighted by Gasteiger charge is 2.26. The second kappa shape index (κ2) is 4.94. The quantitative estimate of drug-likeness (QED) is 0.438. The van der Waals surface area contributed by atoms with Crippen molar-refractivity contribution in [3.8, 4) is 0 Å². The largest absolute Gasteiger partial charge is 0.381 e. The van der Waals surface area contributed by atoms with E-state index in [1.54, 1.807) is 0 Å². The van der Waals surface area contributed by atoms with Crippen molar-refractivity contribution >= 4 is 11.8 Å². The average Bonchev–Trinajstić information content (AvgIpc) is 2.75. The predicted octanol–water partition coefficient (Wildman–Crippen LogP) is 0.321. The minimum Gasteiger partial charge on any atom is -0.381 e. The van der Waals surface area contributed by atoms with Gasteiger partial charge in [0, 0.05) is 26.1 Å². The lowest BCUT2D eigenvalue weighted by Gasteiger charge is -1.98. The molecule has 2 heterocycles. The van der Waals surface area contributed by atoms with E-state index in [2.05, 4.69) is 0 Å². The highest BCUT2D eigenvalue weighted by Crippen LogP contribution is 2.07. The summed E-state index contributed by atoms with van der Waals surface area (Å²) in [7, 11) is 0. The van der Waals surface area contributed by atoms with Crippen molar-refractivity contribution in [2.45, 2.75) is 25.7 Å². The topological polar surface area (TPSA) is 66.8 Å². The van der Waals surface area contributed by atoms with Crippen molar-refractivity contribution in [3.63, 3.8) is 0 Å². The highest BCUT2D eigenvalue weighted by atomic mass is 16.5. The standard InChI is InChI=1S/C4H5NO3.C4H8O/c6-3-1-2-4(7)5(3)8;1-2-4-5-3-1/h8H,1-2H2;1-4H2. The van der Waals surface area contributed by atoms with Gasteiger partial charge in [-0.15, -0.1) is 0 Å². The Morgan fingerprint density at radius 3 is 1.69 bits per heavy atom. The normalized spacial score (nSPS) is 21.8. The number of hydroxylamine groups is 2. The first-order valence-corrected chi connectivity index (χ1v) is 4.34. The van der Waals surface area contributed by atoms with E-state index in [-0.39, 0.29) is 17.9 Å². The van der Waals surface area contributed by atoms with Crippen LogP contribution in [0.15, 0.2) is 0 Å². The fourth-order valence-electron chi connectivity index (χ4n) is 1.08. The molecule has 2 fully saturated rings. The van der Waals surface area contributed by atoms with E-state index < -0.39 is 11.8 Å². The summed E-state index contributed by atoms with van der Waals surface area (Å²) in [6.45, 7) is 2.00. The molecule has 2 amide bonds. The number of nitrogens with zero attached hydrogens (tertiary/aromatic N) is 1. The Morgan fingerprint density at radius 2 is 1.54 bits per heavy atom. The fraction of sp³-hybridized carbons (Fsp3) is 0.750. The maximum Gasteiger partial charge on any atom is 0.253 e. The predicted molar refractivity (Wildman–Crippen MR) is 42.9 cm³/mol. The summed E-state index contributed by atoms with van der Waals surface area (Å²) in [5, 5.41) is 8.57. The molecule has 5 nitrogen and oxygen atoms in total. The van der Waals surface area contributed by atoms with Gasteiger partial charge in [0.25, 0.3) is 11.8 Å². The van der Waals surface area contributed by atoms with Crippen LogP contribution in [0, 0.1) is 0 Å². The molecular weight excluding hydrogens is 174 g/mol. The van der Waals surface area contributed by atoms with Gasteiger partial charge in [-0.2, -0.15) is 5.06 Å². The Morgan fingerprint density at radius 1 is 1.08 bits per heavy atom. The van der Waals surface area contributed by atoms with Gasteiger partial charge in [0.2, 0.25) is 0 Å². The Kier molecular flexibility index (Phi) is 3.85. The molecule has 0 bridgehead atoms. The summed E-state index contributed by atoms with van der Waals surface area (Å²) in [6, 6.07) is 0. The van der Waals surface area contributed by atoms with E-state index in [1.807, 2.05) is 0 Å². The first kappa shape index (κ1) is 10.1. The Hall–Kier alpha value is -0.940. The van der Waals surface area contributed by atoms with Gasteiger partial charge in [0.15, 0.2) is 0 Å². The third-order valence-electron chi connectivity index (χ3n) is 1.85. The number of hydrogen-bond donors (Lipinski definition) is 1. The minimum atomic E-state index is -0.505. The maximum absolute atomic E-state index is 10.2. The lowest BCUT2D eigenvalue weighted by molar-refractivity contribution is -0.171. The number of carbonyl (C=O) groups excluding carboxylic acids is 2. The molecule has 2 rings (SSSR count). The van der Waals surface area contributed by atoms with Crippen LogP contribution in [-0.4, -0.2) is 35.3 Å². The zero-order chi connectivity index (χ0) is 9.68. The van der Waals surface area contributed by atoms with Crippen LogP contribution in [0.1, 0.15) is 25.7 Å². The minimum absolute atomic E-state index is 0.148. The Balaban J connectivity index is 0.000000145. The second-order valence-electron chi connectivity index (χ2n) is 2.92. The summed E-state index contributed by atoms with van der Waals surface area (Å²) in [4.78, 5) is 20.5. The summed E-state index contributed by atoms with van der Waals surface area (Å²) in [6.07, 6.45) is 2.85. The van der Waals surface area contributed by atoms with Crippen LogP contribution in [0.3, 0.4) is 0 Å². The molecule has 2 saturated heterocycles. The number of hydrogen-bond acceptors (Lipinski definition) is 4. The van der Waals surface area contributed by atoms with Gasteiger partial charge in [0.1, 0.15) is 0 Å². The smallest absolute Gasteiger partial charge is 0.253 e. The number of carbonyl (C=O) groups is 2. The van der Waals surface area contributed by atoms with Gasteiger partial charge < -0.3 is 4.74 Å². The number of rotatable bonds is 0. The monoisotopic (exact) mass is 187 g/mol. The first-order chi connectivity index (χ1) is 6.22. The van der Waals surface area contributed by atoms with Crippen LogP contribution in [0.5, 0.6) is 0 Å². The average molecular weight is 187 g/mol. The van der Waals surface area contributed by atoms with E-state index in [0.29, 0.717) is 0 Å². The summed E-state index contributed by atoms with van der Waals surface area (Å²) >= 11 is 0. The number of imide groups is 1. The van der Waals surface area contributed by atoms with Crippen LogP contribution in [0.4, 0.5) is 0 Å². The molecule has 0 aromatic rings. The number of ether oxygens (including phenoxy) is 1. The molecule has 0 aromatic carbocycles. The van der Waals surface area contributed by atoms with E-state index in [1.165, 1.54) is 12.8 Å². The molecule has 13 heavy (non-hydrogen) atoms. The van der Waals surface area contributed by atoms with Crippen molar-refractivity contribution in [1.29, 1.82) is 0 Å². The molecule has 0 radical (unpaired) electrons. The van der Waals surface area contributed by atoms with E-state index in [9.17, 15) is 9.59 Å². The molecule has 0 aliphatic carbocycles. The third-order valence-corrected chi connectivity index (χ3v) is 1.85. The fourth-order valence-corrected chi connectivity index (χ4v) is 1.08. The zero-order valence-electron chi connectivity index (χ0n) is 7.36. The molecule has 0 saturated carbocycles. The van der Waals surface area contributed by atoms with E-state index >= 15 is 0 Å². The number of amides is 2. The molecule has 5 heteroatoms. The first-order valence-electron chi connectivity index (χ1n) is 4.34. The van der Waals surface area contributed by atoms with Gasteiger partial charge in [-0.05, 0) is 12.8 Å². The van der Waals surface area contributed by atoms with Crippen molar-refractivity contribution in [2.75, 3.05) is 13.2 Å². The van der Waals surface area contributed by atoms with E-state index in [4.69, 9.17) is 9.94 Å². The van der Waals surface area contributed by atoms with Crippen LogP contribution >= 0.6 is 0 Å². The Labute approximate surface area is 76.2 Å². The molecule has 2 aliphatic rings. The molecule has 74 valence electrons. The third kappa shape index (κ3) is 3.12. The van der Waals surface area contributed by atoms with Crippen LogP contribution in [0.2, 0.25) is 0 Å². The summed E-state index contributed by atoms with van der Waals surface area (Å²) < 4.78 is 4.94. The van der Waals surface area contributed by atoms with Gasteiger partial charge in [0.05, 0.1) is 0 Å². The molecule has 0 aromatic heterocycles. The SMILES string of the molecule is C1CCOC1.O=C1CCC(=O)N1O. The van der Waals surface area contributed by atoms with Gasteiger partial charge in [-0.1, -0.05) is 0 Å². The molecule has 1 N–H and O–H groups in total. The van der Waals surface area contributed by atoms with E-state index in [0.717, 1.165) is 13.2 Å². The molecule has 0 unspecified atom stereocenters. The van der Waals surface area contributed by atoms with Crippen molar-refractivity contribution in [1.82, 2.24) is 5.06 Å². The second-order valence-corrected chi connectivity index (χ2v) is 2.92. The molecule has 2 aliphatic heterocycles. The highest BCUT2D eigenvalue weighted by molar-refractivity contribution is 6.00. The lowest BCUT2D eigenvalue weighted by atomic mass is 10.4.